The quantitative estimate of drug-likeness (QED) is 0.896. The molecule has 0 amide bonds. The zero-order valence-corrected chi connectivity index (χ0v) is 13.0. The predicted octanol–water partition coefficient (Wildman–Crippen LogP) is 2.13. The predicted molar refractivity (Wildman–Crippen MR) is 72.9 cm³/mol. The summed E-state index contributed by atoms with van der Waals surface area (Å²) >= 11 is 3.53. The van der Waals surface area contributed by atoms with Crippen LogP contribution in [0, 0.1) is 6.92 Å². The minimum Gasteiger partial charge on any atom is -0.389 e. The zero-order valence-electron chi connectivity index (χ0n) is 11.4. The van der Waals surface area contributed by atoms with Crippen LogP contribution in [0.2, 0.25) is 0 Å². The number of rotatable bonds is 4. The van der Waals surface area contributed by atoms with Crippen molar-refractivity contribution in [3.05, 3.63) is 15.9 Å². The molecule has 0 bridgehead atoms. The lowest BCUT2D eigenvalue weighted by molar-refractivity contribution is -0.00560. The Balaban J connectivity index is 2.81. The van der Waals surface area contributed by atoms with E-state index in [0.717, 1.165) is 15.9 Å². The van der Waals surface area contributed by atoms with E-state index in [1.165, 1.54) is 0 Å². The lowest BCUT2D eigenvalue weighted by Gasteiger charge is -2.38. The van der Waals surface area contributed by atoms with E-state index in [4.69, 9.17) is 0 Å². The van der Waals surface area contributed by atoms with Crippen LogP contribution in [0.25, 0.3) is 0 Å². The topological polar surface area (TPSA) is 50.1 Å². The van der Waals surface area contributed by atoms with Gasteiger partial charge < -0.3 is 10.4 Å². The highest BCUT2D eigenvalue weighted by Crippen LogP contribution is 2.24. The maximum Gasteiger partial charge on any atom is 0.0767 e. The molecule has 4 nitrogen and oxygen atoms in total. The van der Waals surface area contributed by atoms with Gasteiger partial charge in [-0.1, -0.05) is 0 Å². The fourth-order valence-electron chi connectivity index (χ4n) is 1.39. The van der Waals surface area contributed by atoms with Crippen LogP contribution in [0.1, 0.15) is 39.1 Å². The lowest BCUT2D eigenvalue weighted by atomic mass is 9.86. The Bertz CT molecular complexity index is 405. The highest BCUT2D eigenvalue weighted by atomic mass is 79.9. The number of halogens is 1. The van der Waals surface area contributed by atoms with Crippen molar-refractivity contribution < 1.29 is 5.11 Å². The number of hydrogen-bond acceptors (Lipinski definition) is 3. The van der Waals surface area contributed by atoms with Gasteiger partial charge in [-0.25, -0.2) is 0 Å². The summed E-state index contributed by atoms with van der Waals surface area (Å²) in [4.78, 5) is 0. The van der Waals surface area contributed by atoms with Gasteiger partial charge in [-0.05, 0) is 50.5 Å². The standard InChI is InChI=1S/C12H22BrN3O/c1-8-10(13)9(16(6)15-8)7-14-11(2,3)12(4,5)17/h14,17H,7H2,1-6H3. The summed E-state index contributed by atoms with van der Waals surface area (Å²) in [6.07, 6.45) is 0. The third-order valence-corrected chi connectivity index (χ3v) is 4.52. The van der Waals surface area contributed by atoms with Gasteiger partial charge >= 0.3 is 0 Å². The number of hydrogen-bond donors (Lipinski definition) is 2. The van der Waals surface area contributed by atoms with Crippen molar-refractivity contribution >= 4 is 15.9 Å². The van der Waals surface area contributed by atoms with Crippen molar-refractivity contribution in [3.8, 4) is 0 Å². The number of aryl methyl sites for hydroxylation is 2. The molecule has 0 aliphatic rings. The Kier molecular flexibility index (Phi) is 4.06. The Hall–Kier alpha value is -0.390. The van der Waals surface area contributed by atoms with Crippen molar-refractivity contribution in [1.29, 1.82) is 0 Å². The smallest absolute Gasteiger partial charge is 0.0767 e. The van der Waals surface area contributed by atoms with Crippen molar-refractivity contribution in [3.63, 3.8) is 0 Å². The summed E-state index contributed by atoms with van der Waals surface area (Å²) in [5.74, 6) is 0. The molecule has 1 aromatic heterocycles. The Labute approximate surface area is 112 Å². The van der Waals surface area contributed by atoms with Crippen LogP contribution in [-0.4, -0.2) is 26.0 Å². The number of aliphatic hydroxyl groups is 1. The normalized spacial score (nSPS) is 13.2. The molecule has 0 spiro atoms. The first-order chi connectivity index (χ1) is 7.56. The lowest BCUT2D eigenvalue weighted by Crippen LogP contribution is -2.55. The van der Waals surface area contributed by atoms with Gasteiger partial charge in [0, 0.05) is 19.1 Å². The van der Waals surface area contributed by atoms with E-state index in [1.54, 1.807) is 0 Å². The SMILES string of the molecule is Cc1nn(C)c(CNC(C)(C)C(C)(C)O)c1Br. The molecule has 0 unspecified atom stereocenters. The summed E-state index contributed by atoms with van der Waals surface area (Å²) in [7, 11) is 1.92. The summed E-state index contributed by atoms with van der Waals surface area (Å²) in [6.45, 7) is 10.2. The fourth-order valence-corrected chi connectivity index (χ4v) is 1.87. The van der Waals surface area contributed by atoms with E-state index in [2.05, 4.69) is 26.3 Å². The summed E-state index contributed by atoms with van der Waals surface area (Å²) < 4.78 is 2.88. The molecular formula is C12H22BrN3O. The summed E-state index contributed by atoms with van der Waals surface area (Å²) in [5.41, 5.74) is 0.905. The van der Waals surface area contributed by atoms with Crippen LogP contribution in [0.3, 0.4) is 0 Å². The average molecular weight is 304 g/mol. The second-order valence-electron chi connectivity index (χ2n) is 5.51. The van der Waals surface area contributed by atoms with Crippen LogP contribution in [-0.2, 0) is 13.6 Å². The molecule has 5 heteroatoms. The zero-order chi connectivity index (χ0) is 13.4. The maximum atomic E-state index is 10.1. The van der Waals surface area contributed by atoms with Crippen LogP contribution in [0.5, 0.6) is 0 Å². The van der Waals surface area contributed by atoms with Crippen molar-refractivity contribution in [2.24, 2.45) is 7.05 Å². The number of nitrogens with zero attached hydrogens (tertiary/aromatic N) is 2. The fraction of sp³-hybridized carbons (Fsp3) is 0.750. The van der Waals surface area contributed by atoms with Crippen molar-refractivity contribution in [2.75, 3.05) is 0 Å². The van der Waals surface area contributed by atoms with Crippen molar-refractivity contribution in [1.82, 2.24) is 15.1 Å². The molecule has 17 heavy (non-hydrogen) atoms. The van der Waals surface area contributed by atoms with Crippen LogP contribution in [0.4, 0.5) is 0 Å². The van der Waals surface area contributed by atoms with Gasteiger partial charge in [0.05, 0.1) is 21.5 Å². The van der Waals surface area contributed by atoms with Gasteiger partial charge in [-0.3, -0.25) is 4.68 Å². The molecule has 0 fully saturated rings. The van der Waals surface area contributed by atoms with Crippen LogP contribution >= 0.6 is 15.9 Å². The molecule has 2 N–H and O–H groups in total. The molecule has 0 saturated carbocycles. The second-order valence-corrected chi connectivity index (χ2v) is 6.30. The van der Waals surface area contributed by atoms with E-state index in [-0.39, 0.29) is 5.54 Å². The van der Waals surface area contributed by atoms with Gasteiger partial charge in [-0.2, -0.15) is 5.10 Å². The summed E-state index contributed by atoms with van der Waals surface area (Å²) in [5, 5.41) is 17.8. The average Bonchev–Trinajstić information content (AvgIpc) is 2.37. The first-order valence-corrected chi connectivity index (χ1v) is 6.51. The highest BCUT2D eigenvalue weighted by Gasteiger charge is 2.34. The third kappa shape index (κ3) is 3.09. The van der Waals surface area contributed by atoms with Crippen molar-refractivity contribution in [2.45, 2.75) is 52.3 Å². The molecule has 98 valence electrons. The third-order valence-electron chi connectivity index (χ3n) is 3.49. The van der Waals surface area contributed by atoms with Gasteiger partial charge in [0.25, 0.3) is 0 Å². The molecular weight excluding hydrogens is 282 g/mol. The first-order valence-electron chi connectivity index (χ1n) is 5.71. The Morgan fingerprint density at radius 2 is 1.88 bits per heavy atom. The molecule has 0 aliphatic heterocycles. The minimum atomic E-state index is -0.785. The highest BCUT2D eigenvalue weighted by molar-refractivity contribution is 9.10. The number of aromatic nitrogens is 2. The maximum absolute atomic E-state index is 10.1. The first kappa shape index (κ1) is 14.7. The minimum absolute atomic E-state index is 0.370. The molecule has 0 aromatic carbocycles. The van der Waals surface area contributed by atoms with Gasteiger partial charge in [-0.15, -0.1) is 0 Å². The van der Waals surface area contributed by atoms with Gasteiger partial charge in [0.2, 0.25) is 0 Å². The molecule has 1 aromatic rings. The van der Waals surface area contributed by atoms with Crippen LogP contribution < -0.4 is 5.32 Å². The molecule has 1 rings (SSSR count). The molecule has 0 radical (unpaired) electrons. The van der Waals surface area contributed by atoms with Crippen LogP contribution in [0.15, 0.2) is 4.47 Å². The molecule has 0 atom stereocenters. The molecule has 0 saturated heterocycles. The second kappa shape index (κ2) is 4.71. The van der Waals surface area contributed by atoms with Gasteiger partial charge in [0.1, 0.15) is 0 Å². The van der Waals surface area contributed by atoms with E-state index in [0.29, 0.717) is 6.54 Å². The van der Waals surface area contributed by atoms with E-state index >= 15 is 0 Å². The number of nitrogens with one attached hydrogen (secondary N) is 1. The monoisotopic (exact) mass is 303 g/mol. The van der Waals surface area contributed by atoms with E-state index in [9.17, 15) is 5.11 Å². The molecule has 1 heterocycles. The van der Waals surface area contributed by atoms with E-state index < -0.39 is 5.60 Å². The largest absolute Gasteiger partial charge is 0.389 e. The Morgan fingerprint density at radius 3 is 2.24 bits per heavy atom. The Morgan fingerprint density at radius 1 is 1.35 bits per heavy atom. The van der Waals surface area contributed by atoms with E-state index in [1.807, 2.05) is 46.3 Å². The molecule has 0 aliphatic carbocycles. The van der Waals surface area contributed by atoms with Gasteiger partial charge in [0.15, 0.2) is 0 Å². The summed E-state index contributed by atoms with van der Waals surface area (Å²) in [6, 6.07) is 0.